The third kappa shape index (κ3) is 3.61. The van der Waals surface area contributed by atoms with Crippen LogP contribution in [0.3, 0.4) is 0 Å². The summed E-state index contributed by atoms with van der Waals surface area (Å²) in [5.74, 6) is -0.402. The van der Waals surface area contributed by atoms with Crippen LogP contribution in [0.4, 0.5) is 0 Å². The summed E-state index contributed by atoms with van der Waals surface area (Å²) in [4.78, 5) is 23.7. The molecule has 0 fully saturated rings. The van der Waals surface area contributed by atoms with Crippen LogP contribution in [0.15, 0.2) is 18.3 Å². The first-order chi connectivity index (χ1) is 8.45. The maximum absolute atomic E-state index is 11.9. The minimum Gasteiger partial charge on any atom is -0.352 e. The minimum atomic E-state index is -0.540. The summed E-state index contributed by atoms with van der Waals surface area (Å²) >= 11 is 0. The van der Waals surface area contributed by atoms with E-state index in [1.807, 2.05) is 13.8 Å². The molecule has 0 aliphatic heterocycles. The Hall–Kier alpha value is -1.78. The maximum atomic E-state index is 11.9. The molecule has 0 saturated carbocycles. The van der Waals surface area contributed by atoms with Gasteiger partial charge in [-0.15, -0.1) is 0 Å². The molecule has 5 nitrogen and oxygen atoms in total. The lowest BCUT2D eigenvalue weighted by atomic mass is 10.2. The number of rotatable bonds is 5. The van der Waals surface area contributed by atoms with Gasteiger partial charge in [-0.25, -0.2) is 0 Å². The smallest absolute Gasteiger partial charge is 0.268 e. The van der Waals surface area contributed by atoms with E-state index in [0.29, 0.717) is 5.69 Å². The third-order valence-electron chi connectivity index (χ3n) is 2.92. The van der Waals surface area contributed by atoms with E-state index in [0.717, 1.165) is 6.42 Å². The van der Waals surface area contributed by atoms with Crippen LogP contribution < -0.4 is 10.6 Å². The van der Waals surface area contributed by atoms with Gasteiger partial charge < -0.3 is 15.2 Å². The van der Waals surface area contributed by atoms with E-state index in [9.17, 15) is 9.59 Å². The van der Waals surface area contributed by atoms with Crippen LogP contribution in [0, 0.1) is 0 Å². The molecule has 0 saturated heterocycles. The molecule has 0 aliphatic rings. The van der Waals surface area contributed by atoms with Crippen molar-refractivity contribution in [2.45, 2.75) is 39.3 Å². The topological polar surface area (TPSA) is 63.1 Å². The van der Waals surface area contributed by atoms with E-state index < -0.39 is 6.04 Å². The van der Waals surface area contributed by atoms with Gasteiger partial charge in [-0.1, -0.05) is 6.92 Å². The number of hydrogen-bond donors (Lipinski definition) is 2. The van der Waals surface area contributed by atoms with Crippen LogP contribution in [-0.2, 0) is 11.8 Å². The van der Waals surface area contributed by atoms with Crippen LogP contribution in [0.1, 0.15) is 37.7 Å². The van der Waals surface area contributed by atoms with Gasteiger partial charge in [0.05, 0.1) is 0 Å². The molecule has 0 bridgehead atoms. The number of aryl methyl sites for hydroxylation is 1. The largest absolute Gasteiger partial charge is 0.352 e. The second-order valence-corrected chi connectivity index (χ2v) is 4.52. The molecule has 0 aliphatic carbocycles. The monoisotopic (exact) mass is 251 g/mol. The van der Waals surface area contributed by atoms with Gasteiger partial charge in [0.1, 0.15) is 11.7 Å². The average Bonchev–Trinajstić information content (AvgIpc) is 2.75. The minimum absolute atomic E-state index is 0.117. The molecular weight excluding hydrogens is 230 g/mol. The SMILES string of the molecule is CC[C@H](C)NC(=O)[C@@H](C)NC(=O)c1cccn1C. The lowest BCUT2D eigenvalue weighted by molar-refractivity contribution is -0.123. The van der Waals surface area contributed by atoms with Crippen LogP contribution in [-0.4, -0.2) is 28.5 Å². The van der Waals surface area contributed by atoms with Gasteiger partial charge in [-0.2, -0.15) is 0 Å². The van der Waals surface area contributed by atoms with E-state index in [1.165, 1.54) is 0 Å². The zero-order valence-electron chi connectivity index (χ0n) is 11.4. The summed E-state index contributed by atoms with van der Waals surface area (Å²) in [5, 5.41) is 5.51. The van der Waals surface area contributed by atoms with Crippen molar-refractivity contribution in [1.29, 1.82) is 0 Å². The first-order valence-corrected chi connectivity index (χ1v) is 6.18. The van der Waals surface area contributed by atoms with Crippen LogP contribution >= 0.6 is 0 Å². The summed E-state index contributed by atoms with van der Waals surface area (Å²) < 4.78 is 1.72. The number of aromatic nitrogens is 1. The molecule has 100 valence electrons. The second kappa shape index (κ2) is 6.23. The highest BCUT2D eigenvalue weighted by Crippen LogP contribution is 2.00. The summed E-state index contributed by atoms with van der Waals surface area (Å²) in [6.45, 7) is 5.61. The van der Waals surface area contributed by atoms with E-state index in [2.05, 4.69) is 10.6 Å². The fraction of sp³-hybridized carbons (Fsp3) is 0.538. The molecule has 5 heteroatoms. The quantitative estimate of drug-likeness (QED) is 0.822. The molecule has 0 radical (unpaired) electrons. The first-order valence-electron chi connectivity index (χ1n) is 6.18. The summed E-state index contributed by atoms with van der Waals surface area (Å²) in [6.07, 6.45) is 2.66. The number of carbonyl (C=O) groups excluding carboxylic acids is 2. The molecule has 1 rings (SSSR count). The Labute approximate surface area is 108 Å². The fourth-order valence-corrected chi connectivity index (χ4v) is 1.50. The zero-order chi connectivity index (χ0) is 13.7. The van der Waals surface area contributed by atoms with Crippen molar-refractivity contribution in [3.05, 3.63) is 24.0 Å². The highest BCUT2D eigenvalue weighted by molar-refractivity contribution is 5.96. The van der Waals surface area contributed by atoms with Gasteiger partial charge in [0, 0.05) is 19.3 Å². The molecule has 18 heavy (non-hydrogen) atoms. The number of nitrogens with zero attached hydrogens (tertiary/aromatic N) is 1. The van der Waals surface area contributed by atoms with Gasteiger partial charge in [0.25, 0.3) is 5.91 Å². The number of carbonyl (C=O) groups is 2. The van der Waals surface area contributed by atoms with Crippen molar-refractivity contribution in [3.8, 4) is 0 Å². The molecule has 1 aromatic heterocycles. The third-order valence-corrected chi connectivity index (χ3v) is 2.92. The van der Waals surface area contributed by atoms with Gasteiger partial charge >= 0.3 is 0 Å². The molecule has 2 amide bonds. The lowest BCUT2D eigenvalue weighted by Crippen LogP contribution is -2.47. The molecule has 1 aromatic rings. The Kier molecular flexibility index (Phi) is 4.95. The van der Waals surface area contributed by atoms with E-state index in [-0.39, 0.29) is 17.9 Å². The molecule has 1 heterocycles. The molecule has 2 atom stereocenters. The Morgan fingerprint density at radius 3 is 2.50 bits per heavy atom. The Morgan fingerprint density at radius 2 is 2.00 bits per heavy atom. The van der Waals surface area contributed by atoms with Gasteiger partial charge in [0.15, 0.2) is 0 Å². The van der Waals surface area contributed by atoms with Crippen molar-refractivity contribution in [3.63, 3.8) is 0 Å². The maximum Gasteiger partial charge on any atom is 0.268 e. The first kappa shape index (κ1) is 14.3. The number of hydrogen-bond acceptors (Lipinski definition) is 2. The second-order valence-electron chi connectivity index (χ2n) is 4.52. The number of nitrogens with one attached hydrogen (secondary N) is 2. The van der Waals surface area contributed by atoms with Crippen molar-refractivity contribution in [2.24, 2.45) is 7.05 Å². The normalized spacial score (nSPS) is 13.8. The van der Waals surface area contributed by atoms with E-state index in [4.69, 9.17) is 0 Å². The molecule has 0 unspecified atom stereocenters. The fourth-order valence-electron chi connectivity index (χ4n) is 1.50. The van der Waals surface area contributed by atoms with Crippen LogP contribution in [0.25, 0.3) is 0 Å². The Bertz CT molecular complexity index is 426. The van der Waals surface area contributed by atoms with Gasteiger partial charge in [-0.3, -0.25) is 9.59 Å². The number of amides is 2. The van der Waals surface area contributed by atoms with Crippen molar-refractivity contribution >= 4 is 11.8 Å². The summed E-state index contributed by atoms with van der Waals surface area (Å²) in [7, 11) is 1.79. The molecule has 2 N–H and O–H groups in total. The average molecular weight is 251 g/mol. The Morgan fingerprint density at radius 1 is 1.33 bits per heavy atom. The predicted molar refractivity (Wildman–Crippen MR) is 70.2 cm³/mol. The van der Waals surface area contributed by atoms with Crippen molar-refractivity contribution < 1.29 is 9.59 Å². The van der Waals surface area contributed by atoms with Crippen molar-refractivity contribution in [2.75, 3.05) is 0 Å². The lowest BCUT2D eigenvalue weighted by Gasteiger charge is -2.17. The van der Waals surface area contributed by atoms with Crippen LogP contribution in [0.5, 0.6) is 0 Å². The standard InChI is InChI=1S/C13H21N3O2/c1-5-9(2)14-12(17)10(3)15-13(18)11-7-6-8-16(11)4/h6-10H,5H2,1-4H3,(H,14,17)(H,15,18)/t9-,10+/m0/s1. The summed E-state index contributed by atoms with van der Waals surface area (Å²) in [5.41, 5.74) is 0.540. The Balaban J connectivity index is 2.55. The zero-order valence-corrected chi connectivity index (χ0v) is 11.4. The van der Waals surface area contributed by atoms with Crippen LogP contribution in [0.2, 0.25) is 0 Å². The van der Waals surface area contributed by atoms with Gasteiger partial charge in [-0.05, 0) is 32.4 Å². The van der Waals surface area contributed by atoms with E-state index >= 15 is 0 Å². The highest BCUT2D eigenvalue weighted by atomic mass is 16.2. The summed E-state index contributed by atoms with van der Waals surface area (Å²) in [6, 6.07) is 3.08. The van der Waals surface area contributed by atoms with Gasteiger partial charge in [0.2, 0.25) is 5.91 Å². The molecular formula is C13H21N3O2. The van der Waals surface area contributed by atoms with E-state index in [1.54, 1.807) is 36.9 Å². The van der Waals surface area contributed by atoms with Crippen molar-refractivity contribution in [1.82, 2.24) is 15.2 Å². The molecule has 0 aromatic carbocycles. The predicted octanol–water partition coefficient (Wildman–Crippen LogP) is 1.06. The molecule has 0 spiro atoms. The highest BCUT2D eigenvalue weighted by Gasteiger charge is 2.18.